The van der Waals surface area contributed by atoms with E-state index in [1.165, 1.54) is 19.3 Å². The standard InChI is InChI=1S/C16H24N2O2/c1-4-13-7-5-6-8-14(13)17-15-9-11(2)12(3)10-16(15)18(19)20/h9-10,13-14,17H,4-8H2,1-3H3. The van der Waals surface area contributed by atoms with Crippen molar-refractivity contribution in [1.29, 1.82) is 0 Å². The Bertz CT molecular complexity index is 499. The van der Waals surface area contributed by atoms with Crippen LogP contribution in [0, 0.1) is 29.9 Å². The summed E-state index contributed by atoms with van der Waals surface area (Å²) in [6, 6.07) is 3.98. The molecule has 1 aromatic rings. The lowest BCUT2D eigenvalue weighted by Gasteiger charge is -2.32. The van der Waals surface area contributed by atoms with E-state index in [0.29, 0.717) is 17.6 Å². The highest BCUT2D eigenvalue weighted by molar-refractivity contribution is 5.65. The van der Waals surface area contributed by atoms with Crippen molar-refractivity contribution in [2.24, 2.45) is 5.92 Å². The Balaban J connectivity index is 2.27. The number of aryl methyl sites for hydroxylation is 2. The van der Waals surface area contributed by atoms with Crippen molar-refractivity contribution in [3.05, 3.63) is 33.4 Å². The van der Waals surface area contributed by atoms with Crippen molar-refractivity contribution in [3.8, 4) is 0 Å². The van der Waals surface area contributed by atoms with Gasteiger partial charge in [0.2, 0.25) is 0 Å². The van der Waals surface area contributed by atoms with E-state index in [1.54, 1.807) is 6.07 Å². The summed E-state index contributed by atoms with van der Waals surface area (Å²) in [5.74, 6) is 0.630. The molecule has 0 amide bonds. The van der Waals surface area contributed by atoms with Gasteiger partial charge in [0.15, 0.2) is 0 Å². The van der Waals surface area contributed by atoms with Gasteiger partial charge in [-0.2, -0.15) is 0 Å². The second kappa shape index (κ2) is 6.25. The lowest BCUT2D eigenvalue weighted by Crippen LogP contribution is -2.32. The number of nitro groups is 1. The van der Waals surface area contributed by atoms with E-state index in [9.17, 15) is 10.1 Å². The maximum absolute atomic E-state index is 11.2. The van der Waals surface area contributed by atoms with Crippen LogP contribution in [0.2, 0.25) is 0 Å². The van der Waals surface area contributed by atoms with Gasteiger partial charge in [0, 0.05) is 12.1 Å². The van der Waals surface area contributed by atoms with Crippen LogP contribution >= 0.6 is 0 Å². The first-order valence-corrected chi connectivity index (χ1v) is 7.55. The zero-order valence-electron chi connectivity index (χ0n) is 12.6. The Morgan fingerprint density at radius 3 is 2.55 bits per heavy atom. The van der Waals surface area contributed by atoms with Crippen LogP contribution < -0.4 is 5.32 Å². The van der Waals surface area contributed by atoms with E-state index < -0.39 is 0 Å². The van der Waals surface area contributed by atoms with Crippen LogP contribution in [0.25, 0.3) is 0 Å². The molecule has 0 bridgehead atoms. The van der Waals surface area contributed by atoms with Crippen molar-refractivity contribution in [3.63, 3.8) is 0 Å². The molecule has 2 rings (SSSR count). The maximum atomic E-state index is 11.2. The fourth-order valence-corrected chi connectivity index (χ4v) is 3.15. The van der Waals surface area contributed by atoms with E-state index in [0.717, 1.165) is 24.0 Å². The first-order chi connectivity index (χ1) is 9.52. The summed E-state index contributed by atoms with van der Waals surface area (Å²) in [4.78, 5) is 11.0. The molecule has 1 N–H and O–H groups in total. The Hall–Kier alpha value is -1.58. The smallest absolute Gasteiger partial charge is 0.292 e. The number of hydrogen-bond donors (Lipinski definition) is 1. The molecular formula is C16H24N2O2. The van der Waals surface area contributed by atoms with Gasteiger partial charge in [-0.15, -0.1) is 0 Å². The first kappa shape index (κ1) is 14.8. The molecule has 0 saturated heterocycles. The first-order valence-electron chi connectivity index (χ1n) is 7.55. The molecule has 20 heavy (non-hydrogen) atoms. The summed E-state index contributed by atoms with van der Waals surface area (Å²) in [7, 11) is 0. The van der Waals surface area contributed by atoms with Gasteiger partial charge in [-0.3, -0.25) is 10.1 Å². The van der Waals surface area contributed by atoms with Crippen LogP contribution in [-0.4, -0.2) is 11.0 Å². The van der Waals surface area contributed by atoms with Gasteiger partial charge in [0.25, 0.3) is 5.69 Å². The quantitative estimate of drug-likeness (QED) is 0.646. The van der Waals surface area contributed by atoms with Gasteiger partial charge in [0.05, 0.1) is 4.92 Å². The van der Waals surface area contributed by atoms with Crippen LogP contribution in [0.5, 0.6) is 0 Å². The van der Waals surface area contributed by atoms with Gasteiger partial charge in [-0.25, -0.2) is 0 Å². The molecule has 4 nitrogen and oxygen atoms in total. The number of nitrogens with one attached hydrogen (secondary N) is 1. The largest absolute Gasteiger partial charge is 0.376 e. The van der Waals surface area contributed by atoms with Gasteiger partial charge in [-0.05, 0) is 49.8 Å². The van der Waals surface area contributed by atoms with Crippen LogP contribution in [0.15, 0.2) is 12.1 Å². The van der Waals surface area contributed by atoms with Gasteiger partial charge < -0.3 is 5.32 Å². The van der Waals surface area contributed by atoms with Crippen molar-refractivity contribution < 1.29 is 4.92 Å². The maximum Gasteiger partial charge on any atom is 0.292 e. The molecule has 0 radical (unpaired) electrons. The van der Waals surface area contributed by atoms with Crippen LogP contribution in [0.1, 0.15) is 50.2 Å². The van der Waals surface area contributed by atoms with E-state index >= 15 is 0 Å². The average Bonchev–Trinajstić information content (AvgIpc) is 2.43. The normalized spacial score (nSPS) is 22.6. The number of benzene rings is 1. The molecule has 0 heterocycles. The molecule has 1 saturated carbocycles. The number of nitrogens with zero attached hydrogens (tertiary/aromatic N) is 1. The molecule has 2 unspecified atom stereocenters. The minimum atomic E-state index is -0.279. The molecule has 0 aromatic heterocycles. The Morgan fingerprint density at radius 1 is 1.25 bits per heavy atom. The van der Waals surface area contributed by atoms with E-state index in [4.69, 9.17) is 0 Å². The molecule has 2 atom stereocenters. The highest BCUT2D eigenvalue weighted by Crippen LogP contribution is 2.33. The molecule has 1 aliphatic rings. The number of nitro benzene ring substituents is 1. The van der Waals surface area contributed by atoms with Crippen molar-refractivity contribution >= 4 is 11.4 Å². The Morgan fingerprint density at radius 2 is 1.90 bits per heavy atom. The van der Waals surface area contributed by atoms with Crippen LogP contribution in [-0.2, 0) is 0 Å². The van der Waals surface area contributed by atoms with Gasteiger partial charge in [-0.1, -0.05) is 26.2 Å². The van der Waals surface area contributed by atoms with E-state index in [-0.39, 0.29) is 10.6 Å². The third-order valence-corrected chi connectivity index (χ3v) is 4.58. The minimum Gasteiger partial charge on any atom is -0.376 e. The van der Waals surface area contributed by atoms with Crippen molar-refractivity contribution in [2.75, 3.05) is 5.32 Å². The lowest BCUT2D eigenvalue weighted by molar-refractivity contribution is -0.384. The number of hydrogen-bond acceptors (Lipinski definition) is 3. The van der Waals surface area contributed by atoms with Gasteiger partial charge in [0.1, 0.15) is 5.69 Å². The van der Waals surface area contributed by atoms with Crippen LogP contribution in [0.4, 0.5) is 11.4 Å². The molecule has 110 valence electrons. The predicted octanol–water partition coefficient (Wildman–Crippen LogP) is 4.59. The highest BCUT2D eigenvalue weighted by Gasteiger charge is 2.26. The van der Waals surface area contributed by atoms with Gasteiger partial charge >= 0.3 is 0 Å². The predicted molar refractivity (Wildman–Crippen MR) is 82.2 cm³/mol. The minimum absolute atomic E-state index is 0.202. The average molecular weight is 276 g/mol. The van der Waals surface area contributed by atoms with E-state index in [2.05, 4.69) is 12.2 Å². The molecule has 0 spiro atoms. The Labute approximate surface area is 120 Å². The summed E-state index contributed by atoms with van der Waals surface area (Å²) in [5, 5.41) is 14.7. The third kappa shape index (κ3) is 3.11. The zero-order chi connectivity index (χ0) is 14.7. The zero-order valence-corrected chi connectivity index (χ0v) is 12.6. The topological polar surface area (TPSA) is 55.2 Å². The molecule has 4 heteroatoms. The summed E-state index contributed by atoms with van der Waals surface area (Å²) < 4.78 is 0. The Kier molecular flexibility index (Phi) is 4.63. The molecule has 0 aliphatic heterocycles. The lowest BCUT2D eigenvalue weighted by atomic mass is 9.82. The fraction of sp³-hybridized carbons (Fsp3) is 0.625. The molecule has 1 fully saturated rings. The molecule has 1 aliphatic carbocycles. The summed E-state index contributed by atoms with van der Waals surface area (Å²) in [6.45, 7) is 6.13. The number of anilines is 1. The SMILES string of the molecule is CCC1CCCCC1Nc1cc(C)c(C)cc1[N+](=O)[O-]. The number of rotatable bonds is 4. The second-order valence-electron chi connectivity index (χ2n) is 5.91. The molecular weight excluding hydrogens is 252 g/mol. The fourth-order valence-electron chi connectivity index (χ4n) is 3.15. The highest BCUT2D eigenvalue weighted by atomic mass is 16.6. The van der Waals surface area contributed by atoms with Crippen molar-refractivity contribution in [1.82, 2.24) is 0 Å². The van der Waals surface area contributed by atoms with Crippen molar-refractivity contribution in [2.45, 2.75) is 58.9 Å². The monoisotopic (exact) mass is 276 g/mol. The second-order valence-corrected chi connectivity index (χ2v) is 5.91. The van der Waals surface area contributed by atoms with Crippen LogP contribution in [0.3, 0.4) is 0 Å². The molecule has 1 aromatic carbocycles. The van der Waals surface area contributed by atoms with E-state index in [1.807, 2.05) is 19.9 Å². The third-order valence-electron chi connectivity index (χ3n) is 4.58. The summed E-state index contributed by atoms with van der Waals surface area (Å²) >= 11 is 0. The summed E-state index contributed by atoms with van der Waals surface area (Å²) in [6.07, 6.45) is 5.98. The summed E-state index contributed by atoms with van der Waals surface area (Å²) in [5.41, 5.74) is 2.96.